The molecular formula is C18H14BrN3O2. The van der Waals surface area contributed by atoms with Gasteiger partial charge in [0.05, 0.1) is 0 Å². The number of hydrogen-bond donors (Lipinski definition) is 1. The van der Waals surface area contributed by atoms with E-state index in [0.717, 1.165) is 10.0 Å². The molecule has 0 saturated heterocycles. The summed E-state index contributed by atoms with van der Waals surface area (Å²) in [5.41, 5.74) is 1.95. The lowest BCUT2D eigenvalue weighted by Gasteiger charge is -2.07. The van der Waals surface area contributed by atoms with E-state index < -0.39 is 0 Å². The molecule has 3 aromatic rings. The molecule has 1 amide bonds. The maximum atomic E-state index is 12.3. The number of anilines is 1. The van der Waals surface area contributed by atoms with Crippen LogP contribution in [0, 0.1) is 0 Å². The van der Waals surface area contributed by atoms with Crippen molar-refractivity contribution in [2.75, 3.05) is 5.32 Å². The number of benzene rings is 2. The third-order valence-corrected chi connectivity index (χ3v) is 3.68. The number of carbonyl (C=O) groups is 1. The monoisotopic (exact) mass is 383 g/mol. The maximum Gasteiger partial charge on any atom is 0.274 e. The van der Waals surface area contributed by atoms with Gasteiger partial charge in [0.15, 0.2) is 0 Å². The fraction of sp³-hybridized carbons (Fsp3) is 0.0556. The predicted octanol–water partition coefficient (Wildman–Crippen LogP) is 4.07. The second kappa shape index (κ2) is 7.70. The molecule has 0 bridgehead atoms. The van der Waals surface area contributed by atoms with Crippen LogP contribution in [0.25, 0.3) is 0 Å². The van der Waals surface area contributed by atoms with Gasteiger partial charge in [-0.05, 0) is 23.8 Å². The summed E-state index contributed by atoms with van der Waals surface area (Å²) in [4.78, 5) is 20.3. The van der Waals surface area contributed by atoms with Crippen LogP contribution >= 0.6 is 15.9 Å². The van der Waals surface area contributed by atoms with Crippen molar-refractivity contribution in [2.45, 2.75) is 6.61 Å². The van der Waals surface area contributed by atoms with Gasteiger partial charge in [0, 0.05) is 16.2 Å². The van der Waals surface area contributed by atoms with Crippen molar-refractivity contribution in [1.29, 1.82) is 0 Å². The highest BCUT2D eigenvalue weighted by atomic mass is 79.9. The summed E-state index contributed by atoms with van der Waals surface area (Å²) in [6, 6.07) is 18.6. The van der Waals surface area contributed by atoms with Crippen LogP contribution in [0.2, 0.25) is 0 Å². The molecule has 0 saturated carbocycles. The number of nitrogens with one attached hydrogen (secondary N) is 1. The maximum absolute atomic E-state index is 12.3. The SMILES string of the molecule is O=C(Nc1cccc(Br)c1)c1cc(OCc2ccccc2)ncn1. The van der Waals surface area contributed by atoms with E-state index in [1.54, 1.807) is 6.07 Å². The third kappa shape index (κ3) is 4.39. The van der Waals surface area contributed by atoms with Crippen LogP contribution in [0.15, 0.2) is 71.5 Å². The van der Waals surface area contributed by atoms with Crippen LogP contribution in [0.3, 0.4) is 0 Å². The Morgan fingerprint density at radius 3 is 2.67 bits per heavy atom. The van der Waals surface area contributed by atoms with Crippen molar-refractivity contribution in [3.05, 3.63) is 82.7 Å². The Morgan fingerprint density at radius 1 is 1.04 bits per heavy atom. The number of ether oxygens (including phenoxy) is 1. The van der Waals surface area contributed by atoms with Crippen molar-refractivity contribution in [3.63, 3.8) is 0 Å². The van der Waals surface area contributed by atoms with Gasteiger partial charge in [0.25, 0.3) is 5.91 Å². The number of halogens is 1. The molecular weight excluding hydrogens is 370 g/mol. The number of carbonyl (C=O) groups excluding carboxylic acids is 1. The number of amides is 1. The van der Waals surface area contributed by atoms with E-state index in [9.17, 15) is 4.79 Å². The molecule has 0 unspecified atom stereocenters. The predicted molar refractivity (Wildman–Crippen MR) is 94.9 cm³/mol. The van der Waals surface area contributed by atoms with E-state index in [0.29, 0.717) is 18.2 Å². The van der Waals surface area contributed by atoms with Crippen LogP contribution in [-0.4, -0.2) is 15.9 Å². The van der Waals surface area contributed by atoms with Gasteiger partial charge in [-0.15, -0.1) is 0 Å². The van der Waals surface area contributed by atoms with E-state index in [2.05, 4.69) is 31.2 Å². The Morgan fingerprint density at radius 2 is 1.88 bits per heavy atom. The minimum absolute atomic E-state index is 0.244. The summed E-state index contributed by atoms with van der Waals surface area (Å²) in [5, 5.41) is 2.79. The zero-order chi connectivity index (χ0) is 16.8. The van der Waals surface area contributed by atoms with Gasteiger partial charge in [-0.2, -0.15) is 0 Å². The van der Waals surface area contributed by atoms with Crippen LogP contribution in [0.5, 0.6) is 5.88 Å². The summed E-state index contributed by atoms with van der Waals surface area (Å²) in [6.45, 7) is 0.380. The van der Waals surface area contributed by atoms with Gasteiger partial charge in [0.2, 0.25) is 5.88 Å². The molecule has 3 rings (SSSR count). The lowest BCUT2D eigenvalue weighted by atomic mass is 10.2. The van der Waals surface area contributed by atoms with E-state index in [-0.39, 0.29) is 11.6 Å². The molecule has 0 aliphatic rings. The molecule has 1 heterocycles. The average Bonchev–Trinajstić information content (AvgIpc) is 2.61. The van der Waals surface area contributed by atoms with Crippen LogP contribution in [0.1, 0.15) is 16.1 Å². The van der Waals surface area contributed by atoms with Gasteiger partial charge in [-0.3, -0.25) is 4.79 Å². The lowest BCUT2D eigenvalue weighted by Crippen LogP contribution is -2.14. The molecule has 0 atom stereocenters. The Balaban J connectivity index is 1.67. The highest BCUT2D eigenvalue weighted by Gasteiger charge is 2.10. The van der Waals surface area contributed by atoms with Crippen molar-refractivity contribution in [2.24, 2.45) is 0 Å². The fourth-order valence-corrected chi connectivity index (χ4v) is 2.43. The van der Waals surface area contributed by atoms with Crippen LogP contribution < -0.4 is 10.1 Å². The van der Waals surface area contributed by atoms with E-state index in [1.807, 2.05) is 48.5 Å². The van der Waals surface area contributed by atoms with E-state index in [1.165, 1.54) is 12.4 Å². The first kappa shape index (κ1) is 16.1. The molecule has 2 aromatic carbocycles. The Hall–Kier alpha value is -2.73. The van der Waals surface area contributed by atoms with Crippen molar-refractivity contribution in [3.8, 4) is 5.88 Å². The van der Waals surface area contributed by atoms with Crippen molar-refractivity contribution in [1.82, 2.24) is 9.97 Å². The lowest BCUT2D eigenvalue weighted by molar-refractivity contribution is 0.102. The highest BCUT2D eigenvalue weighted by molar-refractivity contribution is 9.10. The standard InChI is InChI=1S/C18H14BrN3O2/c19-14-7-4-8-15(9-14)22-18(23)16-10-17(21-12-20-16)24-11-13-5-2-1-3-6-13/h1-10,12H,11H2,(H,22,23). The van der Waals surface area contributed by atoms with Crippen LogP contribution in [0.4, 0.5) is 5.69 Å². The summed E-state index contributed by atoms with van der Waals surface area (Å²) < 4.78 is 6.50. The molecule has 5 nitrogen and oxygen atoms in total. The Kier molecular flexibility index (Phi) is 5.18. The first-order valence-corrected chi connectivity index (χ1v) is 8.06. The normalized spacial score (nSPS) is 10.2. The number of nitrogens with zero attached hydrogens (tertiary/aromatic N) is 2. The summed E-state index contributed by atoms with van der Waals surface area (Å²) >= 11 is 3.37. The molecule has 1 N–H and O–H groups in total. The quantitative estimate of drug-likeness (QED) is 0.720. The summed E-state index contributed by atoms with van der Waals surface area (Å²) in [7, 11) is 0. The first-order chi connectivity index (χ1) is 11.7. The molecule has 0 aliphatic carbocycles. The largest absolute Gasteiger partial charge is 0.473 e. The Bertz CT molecular complexity index is 840. The first-order valence-electron chi connectivity index (χ1n) is 7.26. The third-order valence-electron chi connectivity index (χ3n) is 3.19. The minimum Gasteiger partial charge on any atom is -0.473 e. The van der Waals surface area contributed by atoms with Gasteiger partial charge in [0.1, 0.15) is 18.6 Å². The molecule has 0 aliphatic heterocycles. The Labute approximate surface area is 147 Å². The zero-order valence-electron chi connectivity index (χ0n) is 12.6. The average molecular weight is 384 g/mol. The summed E-state index contributed by atoms with van der Waals surface area (Å²) in [6.07, 6.45) is 1.32. The number of rotatable bonds is 5. The second-order valence-electron chi connectivity index (χ2n) is 4.98. The fourth-order valence-electron chi connectivity index (χ4n) is 2.04. The van der Waals surface area contributed by atoms with Gasteiger partial charge in [-0.1, -0.05) is 52.3 Å². The molecule has 120 valence electrons. The topological polar surface area (TPSA) is 64.1 Å². The number of aromatic nitrogens is 2. The summed E-state index contributed by atoms with van der Waals surface area (Å²) in [5.74, 6) is 0.0355. The molecule has 24 heavy (non-hydrogen) atoms. The van der Waals surface area contributed by atoms with E-state index in [4.69, 9.17) is 4.74 Å². The van der Waals surface area contributed by atoms with Gasteiger partial charge < -0.3 is 10.1 Å². The molecule has 0 radical (unpaired) electrons. The minimum atomic E-state index is -0.319. The van der Waals surface area contributed by atoms with Crippen molar-refractivity contribution < 1.29 is 9.53 Å². The number of hydrogen-bond acceptors (Lipinski definition) is 4. The highest BCUT2D eigenvalue weighted by Crippen LogP contribution is 2.17. The molecule has 0 fully saturated rings. The zero-order valence-corrected chi connectivity index (χ0v) is 14.2. The van der Waals surface area contributed by atoms with Crippen molar-refractivity contribution >= 4 is 27.5 Å². The second-order valence-corrected chi connectivity index (χ2v) is 5.90. The van der Waals surface area contributed by atoms with Gasteiger partial charge >= 0.3 is 0 Å². The van der Waals surface area contributed by atoms with E-state index >= 15 is 0 Å². The van der Waals surface area contributed by atoms with Gasteiger partial charge in [-0.25, -0.2) is 9.97 Å². The van der Waals surface area contributed by atoms with Crippen LogP contribution in [-0.2, 0) is 6.61 Å². The smallest absolute Gasteiger partial charge is 0.274 e. The molecule has 0 spiro atoms. The molecule has 6 heteroatoms. The molecule has 1 aromatic heterocycles.